The minimum atomic E-state index is -0.170. The summed E-state index contributed by atoms with van der Waals surface area (Å²) in [5.74, 6) is 1.74. The normalized spacial score (nSPS) is 11.1. The van der Waals surface area contributed by atoms with Gasteiger partial charge in [-0.3, -0.25) is 4.79 Å². The second kappa shape index (κ2) is 9.44. The van der Waals surface area contributed by atoms with Gasteiger partial charge in [0.2, 0.25) is 0 Å². The van der Waals surface area contributed by atoms with Gasteiger partial charge in [-0.05, 0) is 48.1 Å². The van der Waals surface area contributed by atoms with Gasteiger partial charge in [-0.2, -0.15) is 0 Å². The molecular weight excluding hydrogens is 332 g/mol. The average molecular weight is 354 g/mol. The lowest BCUT2D eigenvalue weighted by molar-refractivity contribution is -0.110. The summed E-state index contributed by atoms with van der Waals surface area (Å²) < 4.78 is 15.7. The largest absolute Gasteiger partial charge is 0.497 e. The number of rotatable bonds is 8. The SMILES string of the molecule is COc1ccc(C=CC(=O)C=Cc2ccc(CO)cc2OC)c(OC)c1. The van der Waals surface area contributed by atoms with E-state index in [1.807, 2.05) is 6.07 Å². The highest BCUT2D eigenvalue weighted by Crippen LogP contribution is 2.26. The molecule has 0 aliphatic carbocycles. The van der Waals surface area contributed by atoms with Crippen molar-refractivity contribution in [1.82, 2.24) is 0 Å². The van der Waals surface area contributed by atoms with Gasteiger partial charge in [0.25, 0.3) is 0 Å². The van der Waals surface area contributed by atoms with Crippen LogP contribution in [0.15, 0.2) is 48.6 Å². The van der Waals surface area contributed by atoms with E-state index in [9.17, 15) is 4.79 Å². The van der Waals surface area contributed by atoms with Gasteiger partial charge in [-0.15, -0.1) is 0 Å². The molecule has 0 heterocycles. The highest BCUT2D eigenvalue weighted by Gasteiger charge is 2.04. The molecule has 0 unspecified atom stereocenters. The molecule has 2 aromatic rings. The number of allylic oxidation sites excluding steroid dienone is 2. The van der Waals surface area contributed by atoms with Crippen molar-refractivity contribution in [2.24, 2.45) is 0 Å². The summed E-state index contributed by atoms with van der Waals surface area (Å²) in [6.45, 7) is -0.0638. The molecule has 5 heteroatoms. The van der Waals surface area contributed by atoms with Crippen LogP contribution < -0.4 is 14.2 Å². The number of ether oxygens (including phenoxy) is 3. The predicted octanol–water partition coefficient (Wildman–Crippen LogP) is 3.50. The van der Waals surface area contributed by atoms with Crippen molar-refractivity contribution in [1.29, 1.82) is 0 Å². The van der Waals surface area contributed by atoms with Crippen molar-refractivity contribution >= 4 is 17.9 Å². The number of aliphatic hydroxyl groups is 1. The van der Waals surface area contributed by atoms with E-state index in [2.05, 4.69) is 0 Å². The maximum absolute atomic E-state index is 12.1. The zero-order chi connectivity index (χ0) is 18.9. The third kappa shape index (κ3) is 4.97. The minimum absolute atomic E-state index is 0.0638. The Hall–Kier alpha value is -3.05. The van der Waals surface area contributed by atoms with E-state index in [0.717, 1.165) is 16.7 Å². The first-order valence-electron chi connectivity index (χ1n) is 8.01. The number of hydrogen-bond acceptors (Lipinski definition) is 5. The van der Waals surface area contributed by atoms with Crippen LogP contribution in [0.1, 0.15) is 16.7 Å². The van der Waals surface area contributed by atoms with Crippen LogP contribution >= 0.6 is 0 Å². The Morgan fingerprint density at radius 1 is 0.885 bits per heavy atom. The van der Waals surface area contributed by atoms with Crippen molar-refractivity contribution in [3.8, 4) is 17.2 Å². The number of carbonyl (C=O) groups is 1. The number of carbonyl (C=O) groups excluding carboxylic acids is 1. The van der Waals surface area contributed by atoms with E-state index in [4.69, 9.17) is 19.3 Å². The van der Waals surface area contributed by atoms with Crippen molar-refractivity contribution in [2.75, 3.05) is 21.3 Å². The van der Waals surface area contributed by atoms with E-state index >= 15 is 0 Å². The van der Waals surface area contributed by atoms with Crippen LogP contribution in [0.4, 0.5) is 0 Å². The number of benzene rings is 2. The van der Waals surface area contributed by atoms with Crippen LogP contribution in [0.3, 0.4) is 0 Å². The number of ketones is 1. The standard InChI is InChI=1S/C21H22O5/c1-24-19-11-8-17(21(13-19)26-3)7-10-18(23)9-6-16-5-4-15(14-22)12-20(16)25-2/h4-13,22H,14H2,1-3H3. The zero-order valence-electron chi connectivity index (χ0n) is 15.1. The fourth-order valence-electron chi connectivity index (χ4n) is 2.35. The first kappa shape index (κ1) is 19.3. The maximum atomic E-state index is 12.1. The molecule has 2 rings (SSSR count). The molecular formula is C21H22O5. The molecule has 0 radical (unpaired) electrons. The van der Waals surface area contributed by atoms with Gasteiger partial charge in [0.15, 0.2) is 5.78 Å². The average Bonchev–Trinajstić information content (AvgIpc) is 2.70. The van der Waals surface area contributed by atoms with Gasteiger partial charge in [-0.25, -0.2) is 0 Å². The summed E-state index contributed by atoms with van der Waals surface area (Å²) in [6, 6.07) is 10.7. The van der Waals surface area contributed by atoms with Crippen LogP contribution in [0, 0.1) is 0 Å². The molecule has 26 heavy (non-hydrogen) atoms. The van der Waals surface area contributed by atoms with E-state index < -0.39 is 0 Å². The highest BCUT2D eigenvalue weighted by atomic mass is 16.5. The summed E-state index contributed by atoms with van der Waals surface area (Å²) in [4.78, 5) is 12.1. The summed E-state index contributed by atoms with van der Waals surface area (Å²) in [6.07, 6.45) is 6.30. The monoisotopic (exact) mass is 354 g/mol. The molecule has 0 aromatic heterocycles. The second-order valence-electron chi connectivity index (χ2n) is 5.41. The van der Waals surface area contributed by atoms with Gasteiger partial charge in [0, 0.05) is 17.2 Å². The lowest BCUT2D eigenvalue weighted by atomic mass is 10.1. The molecule has 0 bridgehead atoms. The van der Waals surface area contributed by atoms with Gasteiger partial charge < -0.3 is 19.3 Å². The molecule has 0 atom stereocenters. The summed E-state index contributed by atoms with van der Waals surface area (Å²) in [7, 11) is 4.70. The van der Waals surface area contributed by atoms with Gasteiger partial charge in [-0.1, -0.05) is 12.1 Å². The number of hydrogen-bond donors (Lipinski definition) is 1. The summed E-state index contributed by atoms with van der Waals surface area (Å²) >= 11 is 0. The molecule has 2 aromatic carbocycles. The zero-order valence-corrected chi connectivity index (χ0v) is 15.1. The topological polar surface area (TPSA) is 65.0 Å². The number of aliphatic hydroxyl groups excluding tert-OH is 1. The molecule has 136 valence electrons. The van der Waals surface area contributed by atoms with Crippen LogP contribution in [-0.2, 0) is 11.4 Å². The Labute approximate surface area is 153 Å². The lowest BCUT2D eigenvalue weighted by Gasteiger charge is -2.07. The van der Waals surface area contributed by atoms with E-state index in [0.29, 0.717) is 17.2 Å². The minimum Gasteiger partial charge on any atom is -0.497 e. The maximum Gasteiger partial charge on any atom is 0.178 e. The molecule has 0 spiro atoms. The van der Waals surface area contributed by atoms with Crippen LogP contribution in [0.25, 0.3) is 12.2 Å². The van der Waals surface area contributed by atoms with E-state index in [-0.39, 0.29) is 12.4 Å². The smallest absolute Gasteiger partial charge is 0.178 e. The molecule has 0 aliphatic rings. The molecule has 1 N–H and O–H groups in total. The third-order valence-corrected chi connectivity index (χ3v) is 3.78. The van der Waals surface area contributed by atoms with Crippen LogP contribution in [-0.4, -0.2) is 32.2 Å². The van der Waals surface area contributed by atoms with Crippen molar-refractivity contribution < 1.29 is 24.1 Å². The van der Waals surface area contributed by atoms with Gasteiger partial charge in [0.05, 0.1) is 27.9 Å². The molecule has 0 fully saturated rings. The van der Waals surface area contributed by atoms with E-state index in [1.54, 1.807) is 63.8 Å². The molecule has 0 amide bonds. The first-order chi connectivity index (χ1) is 12.6. The Bertz CT molecular complexity index is 754. The van der Waals surface area contributed by atoms with Crippen LogP contribution in [0.5, 0.6) is 17.2 Å². The first-order valence-corrected chi connectivity index (χ1v) is 8.01. The quantitative estimate of drug-likeness (QED) is 0.735. The molecule has 0 saturated carbocycles. The Kier molecular flexibility index (Phi) is 7.00. The van der Waals surface area contributed by atoms with Gasteiger partial charge in [0.1, 0.15) is 17.2 Å². The van der Waals surface area contributed by atoms with Gasteiger partial charge >= 0.3 is 0 Å². The Morgan fingerprint density at radius 2 is 1.46 bits per heavy atom. The lowest BCUT2D eigenvalue weighted by Crippen LogP contribution is -1.92. The third-order valence-electron chi connectivity index (χ3n) is 3.78. The van der Waals surface area contributed by atoms with Crippen molar-refractivity contribution in [3.63, 3.8) is 0 Å². The fraction of sp³-hybridized carbons (Fsp3) is 0.190. The van der Waals surface area contributed by atoms with Crippen molar-refractivity contribution in [2.45, 2.75) is 6.61 Å². The highest BCUT2D eigenvalue weighted by molar-refractivity contribution is 6.04. The van der Waals surface area contributed by atoms with Crippen LogP contribution in [0.2, 0.25) is 0 Å². The molecule has 0 saturated heterocycles. The fourth-order valence-corrected chi connectivity index (χ4v) is 2.35. The summed E-state index contributed by atoms with van der Waals surface area (Å²) in [5, 5.41) is 9.17. The van der Waals surface area contributed by atoms with Crippen molar-refractivity contribution in [3.05, 3.63) is 65.2 Å². The summed E-state index contributed by atoms with van der Waals surface area (Å²) in [5.41, 5.74) is 2.28. The van der Waals surface area contributed by atoms with E-state index in [1.165, 1.54) is 12.2 Å². The second-order valence-corrected chi connectivity index (χ2v) is 5.41. The predicted molar refractivity (Wildman–Crippen MR) is 102 cm³/mol. The Morgan fingerprint density at radius 3 is 2.00 bits per heavy atom. The number of methoxy groups -OCH3 is 3. The Balaban J connectivity index is 2.13. The molecule has 5 nitrogen and oxygen atoms in total. The molecule has 0 aliphatic heterocycles.